The third-order valence-electron chi connectivity index (χ3n) is 11.5. The van der Waals surface area contributed by atoms with Crippen molar-refractivity contribution in [3.8, 4) is 45.3 Å². The van der Waals surface area contributed by atoms with E-state index in [2.05, 4.69) is 144 Å². The first-order valence-corrected chi connectivity index (χ1v) is 20.3. The Labute approximate surface area is 350 Å². The van der Waals surface area contributed by atoms with Gasteiger partial charge in [-0.05, 0) is 76.5 Å². The van der Waals surface area contributed by atoms with Crippen LogP contribution < -0.4 is 4.90 Å². The number of hydrogen-bond acceptors (Lipinski definition) is 6. The third-order valence-corrected chi connectivity index (χ3v) is 11.5. The summed E-state index contributed by atoms with van der Waals surface area (Å²) < 4.78 is 13.1. The average molecular weight is 783 g/mol. The fourth-order valence-corrected chi connectivity index (χ4v) is 8.54. The van der Waals surface area contributed by atoms with Gasteiger partial charge in [-0.2, -0.15) is 0 Å². The Morgan fingerprint density at radius 3 is 1.64 bits per heavy atom. The number of furan rings is 2. The quantitative estimate of drug-likeness (QED) is 0.160. The van der Waals surface area contributed by atoms with Crippen molar-refractivity contribution in [1.82, 2.24) is 15.0 Å². The van der Waals surface area contributed by atoms with E-state index in [1.54, 1.807) is 0 Å². The maximum atomic E-state index is 6.73. The summed E-state index contributed by atoms with van der Waals surface area (Å²) in [6.45, 7) is 0. The minimum Gasteiger partial charge on any atom is -0.456 e. The summed E-state index contributed by atoms with van der Waals surface area (Å²) >= 11 is 0. The van der Waals surface area contributed by atoms with Crippen LogP contribution in [0.15, 0.2) is 215 Å². The van der Waals surface area contributed by atoms with Crippen LogP contribution in [0, 0.1) is 0 Å². The zero-order valence-electron chi connectivity index (χ0n) is 32.7. The highest BCUT2D eigenvalue weighted by molar-refractivity contribution is 6.13. The first kappa shape index (κ1) is 34.7. The number of aromatic nitrogens is 3. The van der Waals surface area contributed by atoms with Crippen LogP contribution in [0.5, 0.6) is 0 Å². The summed E-state index contributed by atoms with van der Waals surface area (Å²) in [6, 6.07) is 71.0. The van der Waals surface area contributed by atoms with E-state index in [-0.39, 0.29) is 0 Å². The van der Waals surface area contributed by atoms with E-state index >= 15 is 0 Å². The second-order valence-electron chi connectivity index (χ2n) is 15.2. The van der Waals surface area contributed by atoms with E-state index in [0.29, 0.717) is 17.5 Å². The van der Waals surface area contributed by atoms with Crippen LogP contribution in [0.3, 0.4) is 0 Å². The lowest BCUT2D eigenvalue weighted by atomic mass is 10.0. The zero-order valence-corrected chi connectivity index (χ0v) is 32.7. The molecule has 0 fully saturated rings. The SMILES string of the molecule is c1ccc(-c2ccc(N(c3ccc4c(c3)oc3ccccc34)c3ccc4c(c3)oc3cccc(-c5nc(-c6ccccc6)nc(-c6ccc7ccccc7c6)n5)c34)cc2)cc1. The second-order valence-corrected chi connectivity index (χ2v) is 15.2. The molecule has 0 aliphatic heterocycles. The predicted molar refractivity (Wildman–Crippen MR) is 248 cm³/mol. The number of anilines is 3. The van der Waals surface area contributed by atoms with Crippen molar-refractivity contribution in [3.05, 3.63) is 206 Å². The standard InChI is InChI=1S/C55H34N4O2/c1-3-12-35(13-4-1)37-24-26-41(27-25-37)59(42-28-30-45-44-18-9-10-20-48(44)60-50(45)33-42)43-29-31-46-51(34-43)61-49-21-11-19-47(52(46)49)55-57-53(38-15-5-2-6-16-38)56-54(58-55)40-23-22-36-14-7-8-17-39(36)32-40/h1-34H. The van der Waals surface area contributed by atoms with Gasteiger partial charge in [0.15, 0.2) is 17.5 Å². The van der Waals surface area contributed by atoms with Gasteiger partial charge in [-0.15, -0.1) is 0 Å². The van der Waals surface area contributed by atoms with Crippen LogP contribution in [-0.4, -0.2) is 15.0 Å². The Morgan fingerprint density at radius 1 is 0.311 bits per heavy atom. The molecule has 12 aromatic rings. The van der Waals surface area contributed by atoms with Gasteiger partial charge in [0, 0.05) is 67.4 Å². The topological polar surface area (TPSA) is 68.2 Å². The molecule has 0 atom stereocenters. The van der Waals surface area contributed by atoms with Crippen LogP contribution in [-0.2, 0) is 0 Å². The Morgan fingerprint density at radius 2 is 0.852 bits per heavy atom. The highest BCUT2D eigenvalue weighted by Crippen LogP contribution is 2.43. The van der Waals surface area contributed by atoms with Gasteiger partial charge in [-0.3, -0.25) is 0 Å². The van der Waals surface area contributed by atoms with Crippen LogP contribution in [0.2, 0.25) is 0 Å². The van der Waals surface area contributed by atoms with Gasteiger partial charge in [0.25, 0.3) is 0 Å². The number of benzene rings is 9. The van der Waals surface area contributed by atoms with E-state index in [9.17, 15) is 0 Å². The first-order valence-electron chi connectivity index (χ1n) is 20.3. The summed E-state index contributed by atoms with van der Waals surface area (Å²) in [5.74, 6) is 1.79. The Balaban J connectivity index is 1.01. The molecule has 0 unspecified atom stereocenters. The normalized spacial score (nSPS) is 11.6. The maximum Gasteiger partial charge on any atom is 0.164 e. The van der Waals surface area contributed by atoms with Gasteiger partial charge in [-0.1, -0.05) is 140 Å². The molecule has 3 heterocycles. The van der Waals surface area contributed by atoms with Gasteiger partial charge >= 0.3 is 0 Å². The minimum absolute atomic E-state index is 0.577. The van der Waals surface area contributed by atoms with Gasteiger partial charge in [0.2, 0.25) is 0 Å². The van der Waals surface area contributed by atoms with E-state index in [1.807, 2.05) is 66.7 Å². The molecule has 61 heavy (non-hydrogen) atoms. The van der Waals surface area contributed by atoms with E-state index in [4.69, 9.17) is 23.8 Å². The molecule has 0 spiro atoms. The molecule has 6 nitrogen and oxygen atoms in total. The van der Waals surface area contributed by atoms with Crippen LogP contribution in [0.25, 0.3) is 99.9 Å². The molecule has 3 aromatic heterocycles. The molecule has 0 saturated carbocycles. The summed E-state index contributed by atoms with van der Waals surface area (Å²) in [5.41, 5.74) is 11.1. The van der Waals surface area contributed by atoms with Crippen molar-refractivity contribution < 1.29 is 8.83 Å². The molecule has 0 aliphatic rings. The number of fused-ring (bicyclic) bond motifs is 7. The highest BCUT2D eigenvalue weighted by Gasteiger charge is 2.21. The number of hydrogen-bond donors (Lipinski definition) is 0. The molecule has 286 valence electrons. The third kappa shape index (κ3) is 6.09. The van der Waals surface area contributed by atoms with Crippen molar-refractivity contribution in [2.45, 2.75) is 0 Å². The molecule has 12 rings (SSSR count). The molecule has 0 saturated heterocycles. The van der Waals surface area contributed by atoms with E-state index in [1.165, 1.54) is 5.56 Å². The van der Waals surface area contributed by atoms with E-state index < -0.39 is 0 Å². The lowest BCUT2D eigenvalue weighted by molar-refractivity contribution is 0.669. The molecule has 0 radical (unpaired) electrons. The first-order chi connectivity index (χ1) is 30.2. The smallest absolute Gasteiger partial charge is 0.164 e. The predicted octanol–water partition coefficient (Wildman–Crippen LogP) is 15.0. The lowest BCUT2D eigenvalue weighted by Crippen LogP contribution is -2.09. The molecule has 0 aliphatic carbocycles. The van der Waals surface area contributed by atoms with Gasteiger partial charge in [0.05, 0.1) is 0 Å². The monoisotopic (exact) mass is 782 g/mol. The molecule has 6 heteroatoms. The Kier molecular flexibility index (Phi) is 8.06. The van der Waals surface area contributed by atoms with Crippen molar-refractivity contribution in [2.24, 2.45) is 0 Å². The summed E-state index contributed by atoms with van der Waals surface area (Å²) in [4.78, 5) is 17.5. The summed E-state index contributed by atoms with van der Waals surface area (Å²) in [7, 11) is 0. The average Bonchev–Trinajstić information content (AvgIpc) is 3.90. The Bertz CT molecular complexity index is 3590. The molecule has 0 N–H and O–H groups in total. The van der Waals surface area contributed by atoms with Crippen LogP contribution >= 0.6 is 0 Å². The number of rotatable bonds is 7. The Hall–Kier alpha value is -8.35. The fraction of sp³-hybridized carbons (Fsp3) is 0. The largest absolute Gasteiger partial charge is 0.456 e. The van der Waals surface area contributed by atoms with E-state index in [0.717, 1.165) is 94.0 Å². The number of para-hydroxylation sites is 1. The highest BCUT2D eigenvalue weighted by atomic mass is 16.3. The second kappa shape index (κ2) is 14.2. The molecular weight excluding hydrogens is 749 g/mol. The van der Waals surface area contributed by atoms with Crippen molar-refractivity contribution >= 4 is 71.7 Å². The zero-order chi connectivity index (χ0) is 40.3. The van der Waals surface area contributed by atoms with Gasteiger partial charge in [0.1, 0.15) is 22.3 Å². The van der Waals surface area contributed by atoms with Gasteiger partial charge < -0.3 is 13.7 Å². The molecule has 9 aromatic carbocycles. The summed E-state index contributed by atoms with van der Waals surface area (Å²) in [6.07, 6.45) is 0. The molecule has 0 amide bonds. The maximum absolute atomic E-state index is 6.73. The van der Waals surface area contributed by atoms with Crippen molar-refractivity contribution in [2.75, 3.05) is 4.90 Å². The van der Waals surface area contributed by atoms with Crippen molar-refractivity contribution in [3.63, 3.8) is 0 Å². The van der Waals surface area contributed by atoms with Gasteiger partial charge in [-0.25, -0.2) is 15.0 Å². The fourth-order valence-electron chi connectivity index (χ4n) is 8.54. The lowest BCUT2D eigenvalue weighted by Gasteiger charge is -2.25. The molecular formula is C55H34N4O2. The van der Waals surface area contributed by atoms with Crippen LogP contribution in [0.1, 0.15) is 0 Å². The minimum atomic E-state index is 0.577. The summed E-state index contributed by atoms with van der Waals surface area (Å²) in [5, 5.41) is 6.38. The van der Waals surface area contributed by atoms with Crippen molar-refractivity contribution in [1.29, 1.82) is 0 Å². The number of nitrogens with zero attached hydrogens (tertiary/aromatic N) is 4. The molecule has 0 bridgehead atoms. The van der Waals surface area contributed by atoms with Crippen LogP contribution in [0.4, 0.5) is 17.1 Å².